The minimum absolute atomic E-state index is 0.233. The Hall–Kier alpha value is -1.94. The molecular formula is C16H17ClN2O2. The number of aromatic nitrogens is 2. The van der Waals surface area contributed by atoms with Gasteiger partial charge in [0.15, 0.2) is 0 Å². The molecule has 2 rings (SSSR count). The van der Waals surface area contributed by atoms with Crippen LogP contribution in [-0.4, -0.2) is 21.0 Å². The number of hydrogen-bond acceptors (Lipinski definition) is 3. The fraction of sp³-hybridized carbons (Fsp3) is 0.312. The Bertz CT molecular complexity index is 626. The molecule has 0 aliphatic heterocycles. The molecule has 0 saturated carbocycles. The maximum absolute atomic E-state index is 11.6. The summed E-state index contributed by atoms with van der Waals surface area (Å²) >= 11 is 5.85. The third-order valence-electron chi connectivity index (χ3n) is 3.31. The molecule has 0 bridgehead atoms. The Kier molecular flexibility index (Phi) is 4.91. The highest BCUT2D eigenvalue weighted by Crippen LogP contribution is 2.23. The lowest BCUT2D eigenvalue weighted by Gasteiger charge is -2.13. The quantitative estimate of drug-likeness (QED) is 0.915. The van der Waals surface area contributed by atoms with E-state index >= 15 is 0 Å². The number of carbonyl (C=O) groups is 1. The summed E-state index contributed by atoms with van der Waals surface area (Å²) in [5.41, 5.74) is 2.30. The molecule has 0 spiro atoms. The van der Waals surface area contributed by atoms with Crippen LogP contribution in [0.15, 0.2) is 36.7 Å². The first-order valence-electron chi connectivity index (χ1n) is 6.76. The Morgan fingerprint density at radius 1 is 1.19 bits per heavy atom. The van der Waals surface area contributed by atoms with Gasteiger partial charge >= 0.3 is 5.97 Å². The van der Waals surface area contributed by atoms with Gasteiger partial charge in [0, 0.05) is 10.7 Å². The molecule has 1 N–H and O–H groups in total. The van der Waals surface area contributed by atoms with Crippen molar-refractivity contribution < 1.29 is 9.90 Å². The fourth-order valence-electron chi connectivity index (χ4n) is 2.07. The van der Waals surface area contributed by atoms with Crippen molar-refractivity contribution >= 4 is 17.6 Å². The molecular weight excluding hydrogens is 288 g/mol. The fourth-order valence-corrected chi connectivity index (χ4v) is 2.20. The van der Waals surface area contributed by atoms with Gasteiger partial charge in [-0.05, 0) is 36.1 Å². The van der Waals surface area contributed by atoms with Gasteiger partial charge in [-0.3, -0.25) is 4.79 Å². The van der Waals surface area contributed by atoms with Gasteiger partial charge in [-0.15, -0.1) is 0 Å². The van der Waals surface area contributed by atoms with E-state index in [4.69, 9.17) is 11.6 Å². The molecule has 110 valence electrons. The minimum Gasteiger partial charge on any atom is -0.481 e. The summed E-state index contributed by atoms with van der Waals surface area (Å²) in [6.45, 7) is 4.03. The molecule has 0 fully saturated rings. The van der Waals surface area contributed by atoms with E-state index in [9.17, 15) is 9.90 Å². The van der Waals surface area contributed by atoms with E-state index in [2.05, 4.69) is 9.97 Å². The van der Waals surface area contributed by atoms with Gasteiger partial charge in [-0.25, -0.2) is 9.97 Å². The van der Waals surface area contributed by atoms with E-state index in [0.717, 1.165) is 11.3 Å². The molecule has 1 aromatic carbocycles. The van der Waals surface area contributed by atoms with Crippen LogP contribution in [0.5, 0.6) is 0 Å². The van der Waals surface area contributed by atoms with Gasteiger partial charge in [0.05, 0.1) is 5.69 Å². The third kappa shape index (κ3) is 4.02. The highest BCUT2D eigenvalue weighted by atomic mass is 35.5. The van der Waals surface area contributed by atoms with Gasteiger partial charge in [0.25, 0.3) is 0 Å². The van der Waals surface area contributed by atoms with Crippen molar-refractivity contribution in [3.8, 4) is 0 Å². The Morgan fingerprint density at radius 3 is 2.38 bits per heavy atom. The molecule has 0 amide bonds. The van der Waals surface area contributed by atoms with Crippen molar-refractivity contribution in [3.05, 3.63) is 58.6 Å². The summed E-state index contributed by atoms with van der Waals surface area (Å²) in [5, 5.41) is 10.1. The number of rotatable bonds is 5. The van der Waals surface area contributed by atoms with E-state index in [1.165, 1.54) is 6.33 Å². The lowest BCUT2D eigenvalue weighted by atomic mass is 9.95. The summed E-state index contributed by atoms with van der Waals surface area (Å²) in [5.74, 6) is -1.35. The Labute approximate surface area is 128 Å². The van der Waals surface area contributed by atoms with Gasteiger partial charge in [0.1, 0.15) is 12.2 Å². The second kappa shape index (κ2) is 6.68. The van der Waals surface area contributed by atoms with Crippen LogP contribution >= 0.6 is 11.6 Å². The topological polar surface area (TPSA) is 63.1 Å². The van der Waals surface area contributed by atoms with E-state index < -0.39 is 11.9 Å². The first-order valence-corrected chi connectivity index (χ1v) is 7.14. The average Bonchev–Trinajstić information content (AvgIpc) is 2.46. The zero-order valence-corrected chi connectivity index (χ0v) is 12.7. The molecule has 2 aromatic rings. The molecule has 0 aliphatic carbocycles. The van der Waals surface area contributed by atoms with Crippen LogP contribution in [0, 0.1) is 0 Å². The first kappa shape index (κ1) is 15.4. The number of hydrogen-bond donors (Lipinski definition) is 1. The Balaban J connectivity index is 2.28. The maximum Gasteiger partial charge on any atom is 0.312 e. The minimum atomic E-state index is -0.890. The van der Waals surface area contributed by atoms with Crippen molar-refractivity contribution in [2.75, 3.05) is 0 Å². The second-order valence-electron chi connectivity index (χ2n) is 5.24. The van der Waals surface area contributed by atoms with Crippen molar-refractivity contribution in [1.82, 2.24) is 9.97 Å². The molecule has 1 unspecified atom stereocenters. The zero-order chi connectivity index (χ0) is 15.4. The van der Waals surface area contributed by atoms with Crippen LogP contribution in [-0.2, 0) is 11.2 Å². The SMILES string of the molecule is CC(C)c1cc(C(Cc2ccc(Cl)cc2)C(=O)O)ncn1. The van der Waals surface area contributed by atoms with Crippen molar-refractivity contribution in [2.45, 2.75) is 32.1 Å². The summed E-state index contributed by atoms with van der Waals surface area (Å²) in [7, 11) is 0. The maximum atomic E-state index is 11.6. The summed E-state index contributed by atoms with van der Waals surface area (Å²) in [6, 6.07) is 8.97. The standard InChI is InChI=1S/C16H17ClN2O2/c1-10(2)14-8-15(19-9-18-14)13(16(20)21)7-11-3-5-12(17)6-4-11/h3-6,8-10,13H,7H2,1-2H3,(H,20,21). The molecule has 1 heterocycles. The Morgan fingerprint density at radius 2 is 1.81 bits per heavy atom. The van der Waals surface area contributed by atoms with Crippen molar-refractivity contribution in [3.63, 3.8) is 0 Å². The number of aliphatic carboxylic acids is 1. The largest absolute Gasteiger partial charge is 0.481 e. The lowest BCUT2D eigenvalue weighted by molar-refractivity contribution is -0.138. The van der Waals surface area contributed by atoms with Crippen LogP contribution in [0.4, 0.5) is 0 Å². The normalized spacial score (nSPS) is 12.4. The number of carboxylic acids is 1. The number of halogens is 1. The summed E-state index contributed by atoms with van der Waals surface area (Å²) in [6.07, 6.45) is 1.81. The molecule has 1 aromatic heterocycles. The van der Waals surface area contributed by atoms with E-state index in [-0.39, 0.29) is 5.92 Å². The van der Waals surface area contributed by atoms with E-state index in [1.807, 2.05) is 26.0 Å². The van der Waals surface area contributed by atoms with Crippen molar-refractivity contribution in [2.24, 2.45) is 0 Å². The predicted octanol–water partition coefficient (Wildman–Crippen LogP) is 3.66. The molecule has 5 heteroatoms. The zero-order valence-electron chi connectivity index (χ0n) is 12.0. The highest BCUT2D eigenvalue weighted by molar-refractivity contribution is 6.30. The lowest BCUT2D eigenvalue weighted by Crippen LogP contribution is -2.16. The molecule has 0 aliphatic rings. The predicted molar refractivity (Wildman–Crippen MR) is 81.7 cm³/mol. The monoisotopic (exact) mass is 304 g/mol. The van der Waals surface area contributed by atoms with Crippen LogP contribution in [0.1, 0.15) is 42.6 Å². The molecule has 0 saturated heterocycles. The van der Waals surface area contributed by atoms with Crippen LogP contribution in [0.25, 0.3) is 0 Å². The van der Waals surface area contributed by atoms with Crippen LogP contribution in [0.3, 0.4) is 0 Å². The molecule has 4 nitrogen and oxygen atoms in total. The highest BCUT2D eigenvalue weighted by Gasteiger charge is 2.22. The van der Waals surface area contributed by atoms with E-state index in [0.29, 0.717) is 17.1 Å². The summed E-state index contributed by atoms with van der Waals surface area (Å²) < 4.78 is 0. The first-order chi connectivity index (χ1) is 9.97. The second-order valence-corrected chi connectivity index (χ2v) is 5.68. The van der Waals surface area contributed by atoms with E-state index in [1.54, 1.807) is 18.2 Å². The third-order valence-corrected chi connectivity index (χ3v) is 3.56. The number of benzene rings is 1. The van der Waals surface area contributed by atoms with Crippen LogP contribution < -0.4 is 0 Å². The number of nitrogens with zero attached hydrogens (tertiary/aromatic N) is 2. The molecule has 21 heavy (non-hydrogen) atoms. The molecule has 1 atom stereocenters. The molecule has 0 radical (unpaired) electrons. The van der Waals surface area contributed by atoms with Gasteiger partial charge in [-0.2, -0.15) is 0 Å². The van der Waals surface area contributed by atoms with Gasteiger partial charge < -0.3 is 5.11 Å². The number of carboxylic acid groups (broad SMARTS) is 1. The average molecular weight is 305 g/mol. The smallest absolute Gasteiger partial charge is 0.312 e. The van der Waals surface area contributed by atoms with Gasteiger partial charge in [0.2, 0.25) is 0 Å². The van der Waals surface area contributed by atoms with Crippen LogP contribution in [0.2, 0.25) is 5.02 Å². The van der Waals surface area contributed by atoms with Crippen molar-refractivity contribution in [1.29, 1.82) is 0 Å². The summed E-state index contributed by atoms with van der Waals surface area (Å²) in [4.78, 5) is 19.9. The van der Waals surface area contributed by atoms with Gasteiger partial charge in [-0.1, -0.05) is 37.6 Å².